The summed E-state index contributed by atoms with van der Waals surface area (Å²) in [5.74, 6) is 0.324. The fourth-order valence-corrected chi connectivity index (χ4v) is 4.14. The van der Waals surface area contributed by atoms with E-state index in [1.807, 2.05) is 56.3 Å². The van der Waals surface area contributed by atoms with Crippen molar-refractivity contribution in [3.05, 3.63) is 70.9 Å². The van der Waals surface area contributed by atoms with Gasteiger partial charge in [-0.25, -0.2) is 0 Å². The maximum absolute atomic E-state index is 13.2. The molecule has 2 aliphatic heterocycles. The van der Waals surface area contributed by atoms with E-state index in [4.69, 9.17) is 4.74 Å². The summed E-state index contributed by atoms with van der Waals surface area (Å²) in [7, 11) is 0. The topological polar surface area (TPSA) is 49.9 Å². The molecule has 0 aliphatic carbocycles. The average Bonchev–Trinajstić information content (AvgIpc) is 3.30. The van der Waals surface area contributed by atoms with Gasteiger partial charge in [-0.05, 0) is 55.5 Å². The molecule has 2 aromatic carbocycles. The standard InChI is InChI=1S/C24H26N2O3/c1-17-14-18(2)16-20(15-17)29-13-12-26-23(27)21(19-8-4-3-5-9-19)22(24(26)28)25-10-6-7-11-25/h3-5,8-9,14-16H,6-7,10-13H2,1-2H3. The highest BCUT2D eigenvalue weighted by Gasteiger charge is 2.41. The summed E-state index contributed by atoms with van der Waals surface area (Å²) in [5.41, 5.74) is 4.11. The van der Waals surface area contributed by atoms with Gasteiger partial charge in [-0.2, -0.15) is 0 Å². The van der Waals surface area contributed by atoms with E-state index in [1.54, 1.807) is 0 Å². The monoisotopic (exact) mass is 390 g/mol. The van der Waals surface area contributed by atoms with Crippen molar-refractivity contribution in [1.29, 1.82) is 0 Å². The van der Waals surface area contributed by atoms with Crippen LogP contribution in [0.1, 0.15) is 29.5 Å². The molecule has 0 spiro atoms. The van der Waals surface area contributed by atoms with Crippen LogP contribution >= 0.6 is 0 Å². The van der Waals surface area contributed by atoms with Crippen LogP contribution in [-0.2, 0) is 9.59 Å². The predicted octanol–water partition coefficient (Wildman–Crippen LogP) is 3.56. The van der Waals surface area contributed by atoms with Crippen LogP contribution in [0.2, 0.25) is 0 Å². The van der Waals surface area contributed by atoms with Crippen LogP contribution in [0.5, 0.6) is 5.75 Å². The number of ether oxygens (including phenoxy) is 1. The lowest BCUT2D eigenvalue weighted by molar-refractivity contribution is -0.137. The van der Waals surface area contributed by atoms with Crippen LogP contribution < -0.4 is 4.74 Å². The third-order valence-corrected chi connectivity index (χ3v) is 5.41. The molecule has 4 rings (SSSR count). The van der Waals surface area contributed by atoms with Gasteiger partial charge in [0.1, 0.15) is 18.1 Å². The average molecular weight is 390 g/mol. The maximum Gasteiger partial charge on any atom is 0.277 e. The van der Waals surface area contributed by atoms with E-state index in [0.29, 0.717) is 11.3 Å². The van der Waals surface area contributed by atoms with Crippen LogP contribution in [0.15, 0.2) is 54.2 Å². The van der Waals surface area contributed by atoms with Crippen molar-refractivity contribution in [3.63, 3.8) is 0 Å². The summed E-state index contributed by atoms with van der Waals surface area (Å²) in [5, 5.41) is 0. The Balaban J connectivity index is 1.54. The molecule has 2 heterocycles. The Morgan fingerprint density at radius 2 is 1.55 bits per heavy atom. The summed E-state index contributed by atoms with van der Waals surface area (Å²) < 4.78 is 5.85. The largest absolute Gasteiger partial charge is 0.492 e. The maximum atomic E-state index is 13.2. The molecule has 0 unspecified atom stereocenters. The van der Waals surface area contributed by atoms with Crippen molar-refractivity contribution in [2.24, 2.45) is 0 Å². The fraction of sp³-hybridized carbons (Fsp3) is 0.333. The molecule has 0 atom stereocenters. The van der Waals surface area contributed by atoms with Crippen LogP contribution in [-0.4, -0.2) is 47.9 Å². The zero-order valence-electron chi connectivity index (χ0n) is 17.0. The zero-order valence-corrected chi connectivity index (χ0v) is 17.0. The zero-order chi connectivity index (χ0) is 20.4. The minimum atomic E-state index is -0.230. The minimum absolute atomic E-state index is 0.209. The van der Waals surface area contributed by atoms with Crippen LogP contribution in [0.25, 0.3) is 5.57 Å². The lowest BCUT2D eigenvalue weighted by atomic mass is 10.0. The Bertz CT molecular complexity index is 939. The van der Waals surface area contributed by atoms with E-state index in [0.717, 1.165) is 48.4 Å². The van der Waals surface area contributed by atoms with E-state index in [2.05, 4.69) is 11.0 Å². The number of carbonyl (C=O) groups is 2. The number of imide groups is 1. The Labute approximate surface area is 171 Å². The van der Waals surface area contributed by atoms with Gasteiger partial charge in [-0.3, -0.25) is 14.5 Å². The predicted molar refractivity (Wildman–Crippen MR) is 112 cm³/mol. The van der Waals surface area contributed by atoms with Gasteiger partial charge in [-0.15, -0.1) is 0 Å². The molecule has 5 heteroatoms. The number of amides is 2. The Morgan fingerprint density at radius 3 is 2.21 bits per heavy atom. The van der Waals surface area contributed by atoms with E-state index in [1.165, 1.54) is 4.90 Å². The number of hydrogen-bond donors (Lipinski definition) is 0. The molecule has 2 aromatic rings. The molecular weight excluding hydrogens is 364 g/mol. The van der Waals surface area contributed by atoms with Crippen LogP contribution in [0.3, 0.4) is 0 Å². The summed E-state index contributed by atoms with van der Waals surface area (Å²) in [6.45, 7) is 6.18. The van der Waals surface area contributed by atoms with E-state index >= 15 is 0 Å². The molecule has 1 saturated heterocycles. The molecule has 0 bridgehead atoms. The highest BCUT2D eigenvalue weighted by atomic mass is 16.5. The van der Waals surface area contributed by atoms with Gasteiger partial charge in [-0.1, -0.05) is 36.4 Å². The lowest BCUT2D eigenvalue weighted by Gasteiger charge is -2.20. The fourth-order valence-electron chi connectivity index (χ4n) is 4.14. The second kappa shape index (κ2) is 8.11. The first-order valence-electron chi connectivity index (χ1n) is 10.2. The molecule has 150 valence electrons. The van der Waals surface area contributed by atoms with Crippen molar-refractivity contribution in [2.75, 3.05) is 26.2 Å². The van der Waals surface area contributed by atoms with Crippen LogP contribution in [0.4, 0.5) is 0 Å². The number of hydrogen-bond acceptors (Lipinski definition) is 4. The molecule has 2 aliphatic rings. The SMILES string of the molecule is Cc1cc(C)cc(OCCN2C(=O)C(c3ccccc3)=C(N3CCCC3)C2=O)c1. The van der Waals surface area contributed by atoms with Gasteiger partial charge in [0.15, 0.2) is 0 Å². The molecule has 1 fully saturated rings. The van der Waals surface area contributed by atoms with Gasteiger partial charge in [0.25, 0.3) is 11.8 Å². The van der Waals surface area contributed by atoms with Gasteiger partial charge in [0.2, 0.25) is 0 Å². The van der Waals surface area contributed by atoms with Gasteiger partial charge in [0.05, 0.1) is 12.1 Å². The molecule has 0 radical (unpaired) electrons. The van der Waals surface area contributed by atoms with Gasteiger partial charge in [0, 0.05) is 13.1 Å². The summed E-state index contributed by atoms with van der Waals surface area (Å²) in [4.78, 5) is 29.8. The van der Waals surface area contributed by atoms with Crippen LogP contribution in [0, 0.1) is 13.8 Å². The minimum Gasteiger partial charge on any atom is -0.492 e. The molecule has 5 nitrogen and oxygen atoms in total. The summed E-state index contributed by atoms with van der Waals surface area (Å²) in [6.07, 6.45) is 2.09. The first kappa shape index (κ1) is 19.2. The summed E-state index contributed by atoms with van der Waals surface area (Å²) >= 11 is 0. The quantitative estimate of drug-likeness (QED) is 0.708. The number of nitrogens with zero attached hydrogens (tertiary/aromatic N) is 2. The van der Waals surface area contributed by atoms with Crippen molar-refractivity contribution in [3.8, 4) is 5.75 Å². The second-order valence-electron chi connectivity index (χ2n) is 7.72. The Morgan fingerprint density at radius 1 is 0.897 bits per heavy atom. The Hall–Kier alpha value is -3.08. The number of aryl methyl sites for hydroxylation is 2. The first-order chi connectivity index (χ1) is 14.0. The van der Waals surface area contributed by atoms with E-state index < -0.39 is 0 Å². The Kier molecular flexibility index (Phi) is 5.38. The van der Waals surface area contributed by atoms with Gasteiger partial charge >= 0.3 is 0 Å². The first-order valence-corrected chi connectivity index (χ1v) is 10.2. The normalized spacial score (nSPS) is 16.9. The molecule has 0 N–H and O–H groups in total. The highest BCUT2D eigenvalue weighted by Crippen LogP contribution is 2.33. The van der Waals surface area contributed by atoms with Crippen molar-refractivity contribution in [2.45, 2.75) is 26.7 Å². The van der Waals surface area contributed by atoms with Gasteiger partial charge < -0.3 is 9.64 Å². The molecular formula is C24H26N2O3. The van der Waals surface area contributed by atoms with Crippen molar-refractivity contribution >= 4 is 17.4 Å². The smallest absolute Gasteiger partial charge is 0.277 e. The highest BCUT2D eigenvalue weighted by molar-refractivity contribution is 6.35. The number of rotatable bonds is 6. The number of likely N-dealkylation sites (tertiary alicyclic amines) is 1. The third kappa shape index (κ3) is 3.90. The molecule has 0 saturated carbocycles. The molecule has 29 heavy (non-hydrogen) atoms. The number of carbonyl (C=O) groups excluding carboxylic acids is 2. The molecule has 0 aromatic heterocycles. The van der Waals surface area contributed by atoms with E-state index in [-0.39, 0.29) is 25.0 Å². The third-order valence-electron chi connectivity index (χ3n) is 5.41. The second-order valence-corrected chi connectivity index (χ2v) is 7.72. The molecule has 2 amide bonds. The van der Waals surface area contributed by atoms with Crippen molar-refractivity contribution in [1.82, 2.24) is 9.80 Å². The van der Waals surface area contributed by atoms with E-state index in [9.17, 15) is 9.59 Å². The summed E-state index contributed by atoms with van der Waals surface area (Å²) in [6, 6.07) is 15.5. The van der Waals surface area contributed by atoms with Crippen molar-refractivity contribution < 1.29 is 14.3 Å². The number of benzene rings is 2. The lowest BCUT2D eigenvalue weighted by Crippen LogP contribution is -2.37.